The molecule has 94 valence electrons. The first-order valence-electron chi connectivity index (χ1n) is 6.13. The van der Waals surface area contributed by atoms with E-state index in [4.69, 9.17) is 4.74 Å². The van der Waals surface area contributed by atoms with Crippen molar-refractivity contribution in [2.24, 2.45) is 0 Å². The van der Waals surface area contributed by atoms with E-state index in [0.717, 1.165) is 12.8 Å². The second-order valence-electron chi connectivity index (χ2n) is 3.72. The van der Waals surface area contributed by atoms with Crippen LogP contribution in [0, 0.1) is 0 Å². The number of hydrogen-bond donors (Lipinski definition) is 1. The van der Waals surface area contributed by atoms with Gasteiger partial charge in [0, 0.05) is 13.0 Å². The predicted molar refractivity (Wildman–Crippen MR) is 63.0 cm³/mol. The highest BCUT2D eigenvalue weighted by atomic mass is 16.5. The Morgan fingerprint density at radius 1 is 1.06 bits per heavy atom. The van der Waals surface area contributed by atoms with Crippen LogP contribution in [0.5, 0.6) is 0 Å². The maximum atomic E-state index is 11.3. The number of unbranched alkanes of at least 4 members (excludes halogenated alkanes) is 3. The van der Waals surface area contributed by atoms with Crippen molar-refractivity contribution in [3.05, 3.63) is 0 Å². The lowest BCUT2D eigenvalue weighted by molar-refractivity contribution is -0.144. The molecule has 0 unspecified atom stereocenters. The number of nitrogens with one attached hydrogen (secondary N) is 1. The Morgan fingerprint density at radius 2 is 1.81 bits per heavy atom. The molecular formula is C12H23NO3. The normalized spacial score (nSPS) is 9.88. The molecule has 0 bridgehead atoms. The first-order valence-corrected chi connectivity index (χ1v) is 6.13. The summed E-state index contributed by atoms with van der Waals surface area (Å²) in [6, 6.07) is 0. The van der Waals surface area contributed by atoms with E-state index >= 15 is 0 Å². The lowest BCUT2D eigenvalue weighted by Crippen LogP contribution is -2.25. The van der Waals surface area contributed by atoms with Gasteiger partial charge in [-0.05, 0) is 13.3 Å². The van der Waals surface area contributed by atoms with Gasteiger partial charge in [0.2, 0.25) is 5.91 Å². The van der Waals surface area contributed by atoms with Gasteiger partial charge in [-0.3, -0.25) is 9.59 Å². The maximum absolute atomic E-state index is 11.3. The van der Waals surface area contributed by atoms with Crippen LogP contribution in [0.4, 0.5) is 0 Å². The number of rotatable bonds is 9. The molecule has 0 aromatic carbocycles. The number of hydrogen-bond acceptors (Lipinski definition) is 3. The van der Waals surface area contributed by atoms with Gasteiger partial charge in [-0.1, -0.05) is 26.2 Å². The third-order valence-corrected chi connectivity index (χ3v) is 2.21. The fraction of sp³-hybridized carbons (Fsp3) is 0.833. The highest BCUT2D eigenvalue weighted by Crippen LogP contribution is 1.98. The number of carbonyl (C=O) groups is 2. The molecule has 0 aliphatic rings. The average Bonchev–Trinajstić information content (AvgIpc) is 2.26. The second-order valence-corrected chi connectivity index (χ2v) is 3.72. The van der Waals surface area contributed by atoms with Crippen LogP contribution in [0.2, 0.25) is 0 Å². The van der Waals surface area contributed by atoms with Gasteiger partial charge in [0.25, 0.3) is 0 Å². The van der Waals surface area contributed by atoms with Crippen LogP contribution in [-0.4, -0.2) is 25.0 Å². The molecule has 0 atom stereocenters. The van der Waals surface area contributed by atoms with Crippen LogP contribution >= 0.6 is 0 Å². The molecule has 0 saturated heterocycles. The van der Waals surface area contributed by atoms with Crippen LogP contribution in [0.25, 0.3) is 0 Å². The Bertz CT molecular complexity index is 204. The van der Waals surface area contributed by atoms with Crippen LogP contribution < -0.4 is 5.32 Å². The molecule has 0 radical (unpaired) electrons. The molecule has 4 nitrogen and oxygen atoms in total. The van der Waals surface area contributed by atoms with Gasteiger partial charge in [0.1, 0.15) is 0 Å². The molecule has 0 fully saturated rings. The molecule has 0 spiro atoms. The summed E-state index contributed by atoms with van der Waals surface area (Å²) in [4.78, 5) is 22.2. The van der Waals surface area contributed by atoms with Gasteiger partial charge < -0.3 is 10.1 Å². The predicted octanol–water partition coefficient (Wildman–Crippen LogP) is 2.03. The van der Waals surface area contributed by atoms with Crippen molar-refractivity contribution in [2.75, 3.05) is 13.2 Å². The highest BCUT2D eigenvalue weighted by molar-refractivity contribution is 5.81. The summed E-state index contributed by atoms with van der Waals surface area (Å²) in [5.74, 6) is -0.367. The zero-order chi connectivity index (χ0) is 12.2. The zero-order valence-corrected chi connectivity index (χ0v) is 10.4. The first-order chi connectivity index (χ1) is 7.70. The van der Waals surface area contributed by atoms with E-state index in [9.17, 15) is 9.59 Å². The topological polar surface area (TPSA) is 55.4 Å². The summed E-state index contributed by atoms with van der Waals surface area (Å²) in [6.07, 6.45) is 4.96. The molecule has 1 N–H and O–H groups in total. The van der Waals surface area contributed by atoms with Gasteiger partial charge in [-0.25, -0.2) is 0 Å². The summed E-state index contributed by atoms with van der Waals surface area (Å²) in [7, 11) is 0. The molecular weight excluding hydrogens is 206 g/mol. The lowest BCUT2D eigenvalue weighted by atomic mass is 10.2. The summed E-state index contributed by atoms with van der Waals surface area (Å²) in [5.41, 5.74) is 0. The number of carbonyl (C=O) groups excluding carboxylic acids is 2. The minimum Gasteiger partial charge on any atom is -0.466 e. The molecule has 0 saturated carbocycles. The number of ether oxygens (including phenoxy) is 1. The third kappa shape index (κ3) is 9.49. The summed E-state index contributed by atoms with van der Waals surface area (Å²) < 4.78 is 4.73. The summed E-state index contributed by atoms with van der Waals surface area (Å²) in [5, 5.41) is 2.79. The Hall–Kier alpha value is -1.06. The third-order valence-electron chi connectivity index (χ3n) is 2.21. The largest absolute Gasteiger partial charge is 0.466 e. The van der Waals surface area contributed by atoms with Crippen molar-refractivity contribution in [1.29, 1.82) is 0 Å². The van der Waals surface area contributed by atoms with Crippen LogP contribution in [0.3, 0.4) is 0 Å². The van der Waals surface area contributed by atoms with Gasteiger partial charge in [0.15, 0.2) is 0 Å². The van der Waals surface area contributed by atoms with Crippen molar-refractivity contribution >= 4 is 11.9 Å². The van der Waals surface area contributed by atoms with Gasteiger partial charge >= 0.3 is 5.97 Å². The first kappa shape index (κ1) is 14.9. The van der Waals surface area contributed by atoms with Crippen LogP contribution in [0.15, 0.2) is 0 Å². The van der Waals surface area contributed by atoms with E-state index in [2.05, 4.69) is 12.2 Å². The Labute approximate surface area is 97.7 Å². The Kier molecular flexibility index (Phi) is 9.76. The van der Waals surface area contributed by atoms with E-state index in [-0.39, 0.29) is 24.7 Å². The van der Waals surface area contributed by atoms with E-state index in [0.29, 0.717) is 13.2 Å². The standard InChI is InChI=1S/C12H23NO3/c1-3-5-6-7-10-13-11(14)8-9-12(15)16-4-2/h3-10H2,1-2H3,(H,13,14). The van der Waals surface area contributed by atoms with Gasteiger partial charge in [0.05, 0.1) is 13.0 Å². The fourth-order valence-corrected chi connectivity index (χ4v) is 1.32. The highest BCUT2D eigenvalue weighted by Gasteiger charge is 2.06. The van der Waals surface area contributed by atoms with Gasteiger partial charge in [-0.2, -0.15) is 0 Å². The lowest BCUT2D eigenvalue weighted by Gasteiger charge is -2.04. The number of amides is 1. The van der Waals surface area contributed by atoms with E-state index in [1.54, 1.807) is 6.92 Å². The van der Waals surface area contributed by atoms with E-state index in [1.165, 1.54) is 12.8 Å². The minimum atomic E-state index is -0.302. The molecule has 16 heavy (non-hydrogen) atoms. The SMILES string of the molecule is CCCCCCNC(=O)CCC(=O)OCC. The summed E-state index contributed by atoms with van der Waals surface area (Å²) >= 11 is 0. The maximum Gasteiger partial charge on any atom is 0.306 e. The second kappa shape index (κ2) is 10.5. The smallest absolute Gasteiger partial charge is 0.306 e. The molecule has 0 aromatic heterocycles. The van der Waals surface area contributed by atoms with E-state index in [1.807, 2.05) is 0 Å². The molecule has 4 heteroatoms. The van der Waals surface area contributed by atoms with Crippen LogP contribution in [0.1, 0.15) is 52.4 Å². The molecule has 0 aliphatic carbocycles. The fourth-order valence-electron chi connectivity index (χ4n) is 1.32. The molecule has 0 rings (SSSR count). The minimum absolute atomic E-state index is 0.0652. The van der Waals surface area contributed by atoms with Gasteiger partial charge in [-0.15, -0.1) is 0 Å². The average molecular weight is 229 g/mol. The van der Waals surface area contributed by atoms with Crippen molar-refractivity contribution in [2.45, 2.75) is 52.4 Å². The van der Waals surface area contributed by atoms with Crippen molar-refractivity contribution in [3.63, 3.8) is 0 Å². The van der Waals surface area contributed by atoms with Crippen molar-refractivity contribution in [3.8, 4) is 0 Å². The Morgan fingerprint density at radius 3 is 2.44 bits per heavy atom. The van der Waals surface area contributed by atoms with Crippen molar-refractivity contribution in [1.82, 2.24) is 5.32 Å². The van der Waals surface area contributed by atoms with Crippen molar-refractivity contribution < 1.29 is 14.3 Å². The quantitative estimate of drug-likeness (QED) is 0.486. The Balaban J connectivity index is 3.34. The molecule has 0 aliphatic heterocycles. The molecule has 0 heterocycles. The monoisotopic (exact) mass is 229 g/mol. The zero-order valence-electron chi connectivity index (χ0n) is 10.4. The van der Waals surface area contributed by atoms with Crippen LogP contribution in [-0.2, 0) is 14.3 Å². The number of esters is 1. The molecule has 1 amide bonds. The summed E-state index contributed by atoms with van der Waals surface area (Å²) in [6.45, 7) is 4.99. The van der Waals surface area contributed by atoms with E-state index < -0.39 is 0 Å². The molecule has 0 aromatic rings.